The number of carboxylic acids is 1. The van der Waals surface area contributed by atoms with Crippen molar-refractivity contribution in [2.75, 3.05) is 6.54 Å². The molecule has 0 aliphatic carbocycles. The minimum atomic E-state index is -0.977. The fourth-order valence-corrected chi connectivity index (χ4v) is 2.02. The van der Waals surface area contributed by atoms with E-state index in [0.717, 1.165) is 17.4 Å². The van der Waals surface area contributed by atoms with Crippen molar-refractivity contribution in [3.8, 4) is 0 Å². The van der Waals surface area contributed by atoms with E-state index in [9.17, 15) is 9.59 Å². The molecule has 0 saturated carbocycles. The van der Waals surface area contributed by atoms with Gasteiger partial charge in [0.25, 0.3) is 5.91 Å². The van der Waals surface area contributed by atoms with Gasteiger partial charge in [0.2, 0.25) is 0 Å². The minimum absolute atomic E-state index is 0.0933. The van der Waals surface area contributed by atoms with Crippen molar-refractivity contribution in [1.29, 1.82) is 0 Å². The van der Waals surface area contributed by atoms with Crippen LogP contribution in [-0.2, 0) is 11.3 Å². The van der Waals surface area contributed by atoms with E-state index in [4.69, 9.17) is 5.11 Å². The number of amides is 1. The lowest BCUT2D eigenvalue weighted by molar-refractivity contribution is -0.146. The van der Waals surface area contributed by atoms with Gasteiger partial charge in [0, 0.05) is 23.8 Å². The summed E-state index contributed by atoms with van der Waals surface area (Å²) in [5.74, 6) is -1.19. The van der Waals surface area contributed by atoms with Gasteiger partial charge in [-0.2, -0.15) is 0 Å². The quantitative estimate of drug-likeness (QED) is 0.841. The number of nitrogens with one attached hydrogen (secondary N) is 1. The lowest BCUT2D eigenvalue weighted by Gasteiger charge is -2.19. The molecule has 5 nitrogen and oxygen atoms in total. The topological polar surface area (TPSA) is 71.3 Å². The largest absolute Gasteiger partial charge is 0.481 e. The second-order valence-electron chi connectivity index (χ2n) is 5.11. The van der Waals surface area contributed by atoms with Crippen molar-refractivity contribution in [3.63, 3.8) is 0 Å². The summed E-state index contributed by atoms with van der Waals surface area (Å²) in [5, 5.41) is 11.7. The third-order valence-corrected chi connectivity index (χ3v) is 3.26. The maximum Gasteiger partial charge on any atom is 0.310 e. The maximum atomic E-state index is 12.1. The first-order chi connectivity index (χ1) is 8.77. The summed E-state index contributed by atoms with van der Waals surface area (Å²) in [4.78, 5) is 23.1. The van der Waals surface area contributed by atoms with E-state index in [-0.39, 0.29) is 12.5 Å². The maximum absolute atomic E-state index is 12.1. The zero-order valence-corrected chi connectivity index (χ0v) is 13.0. The van der Waals surface area contributed by atoms with Gasteiger partial charge in [-0.25, -0.2) is 0 Å². The Morgan fingerprint density at radius 1 is 1.47 bits per heavy atom. The molecular formula is C13H19BrN2O3. The van der Waals surface area contributed by atoms with Crippen LogP contribution in [0.3, 0.4) is 0 Å². The number of halogens is 1. The number of carboxylic acid groups (broad SMARTS) is 1. The zero-order valence-electron chi connectivity index (χ0n) is 11.4. The fraction of sp³-hybridized carbons (Fsp3) is 0.538. The molecule has 1 amide bonds. The molecule has 0 aromatic carbocycles. The number of aromatic nitrogens is 1. The molecule has 1 aromatic rings. The summed E-state index contributed by atoms with van der Waals surface area (Å²) >= 11 is 3.34. The second kappa shape index (κ2) is 6.23. The van der Waals surface area contributed by atoms with E-state index < -0.39 is 11.4 Å². The monoisotopic (exact) mass is 330 g/mol. The summed E-state index contributed by atoms with van der Waals surface area (Å²) in [6.45, 7) is 6.03. The Kier molecular flexibility index (Phi) is 5.17. The van der Waals surface area contributed by atoms with Gasteiger partial charge in [0.1, 0.15) is 5.69 Å². The van der Waals surface area contributed by atoms with Gasteiger partial charge in [0.05, 0.1) is 5.41 Å². The Balaban J connectivity index is 2.76. The molecule has 1 heterocycles. The average Bonchev–Trinajstić information content (AvgIpc) is 2.68. The van der Waals surface area contributed by atoms with Gasteiger partial charge < -0.3 is 15.0 Å². The number of carbonyl (C=O) groups excluding carboxylic acids is 1. The van der Waals surface area contributed by atoms with Gasteiger partial charge in [-0.3, -0.25) is 9.59 Å². The van der Waals surface area contributed by atoms with Gasteiger partial charge in [-0.05, 0) is 42.3 Å². The van der Waals surface area contributed by atoms with E-state index in [1.165, 1.54) is 0 Å². The standard InChI is InChI=1S/C13H19BrN2O3/c1-4-5-16-7-9(14)6-10(16)11(17)15-8-13(2,3)12(18)19/h6-7H,4-5,8H2,1-3H3,(H,15,17)(H,18,19). The molecule has 0 radical (unpaired) electrons. The average molecular weight is 331 g/mol. The van der Waals surface area contributed by atoms with Gasteiger partial charge in [-0.15, -0.1) is 0 Å². The van der Waals surface area contributed by atoms with Crippen LogP contribution in [0.25, 0.3) is 0 Å². The summed E-state index contributed by atoms with van der Waals surface area (Å²) < 4.78 is 2.69. The molecule has 1 aromatic heterocycles. The number of aliphatic carboxylic acids is 1. The van der Waals surface area contributed by atoms with Crippen LogP contribution in [0.1, 0.15) is 37.7 Å². The molecule has 0 spiro atoms. The first-order valence-electron chi connectivity index (χ1n) is 6.15. The van der Waals surface area contributed by atoms with Crippen LogP contribution in [0.2, 0.25) is 0 Å². The van der Waals surface area contributed by atoms with E-state index >= 15 is 0 Å². The van der Waals surface area contributed by atoms with Crippen LogP contribution in [0.4, 0.5) is 0 Å². The molecule has 0 bridgehead atoms. The summed E-state index contributed by atoms with van der Waals surface area (Å²) in [5.41, 5.74) is -0.440. The van der Waals surface area contributed by atoms with Gasteiger partial charge in [-0.1, -0.05) is 6.92 Å². The van der Waals surface area contributed by atoms with Crippen molar-refractivity contribution >= 4 is 27.8 Å². The van der Waals surface area contributed by atoms with E-state index in [1.54, 1.807) is 19.9 Å². The Hall–Kier alpha value is -1.30. The number of carbonyl (C=O) groups is 2. The molecule has 0 aliphatic rings. The Morgan fingerprint density at radius 2 is 2.11 bits per heavy atom. The molecule has 0 saturated heterocycles. The Labute approximate surface area is 121 Å². The highest BCUT2D eigenvalue weighted by Crippen LogP contribution is 2.17. The SMILES string of the molecule is CCCn1cc(Br)cc1C(=O)NCC(C)(C)C(=O)O. The van der Waals surface area contributed by atoms with Crippen LogP contribution >= 0.6 is 15.9 Å². The first kappa shape index (κ1) is 15.8. The molecular weight excluding hydrogens is 312 g/mol. The molecule has 0 aliphatic heterocycles. The highest BCUT2D eigenvalue weighted by molar-refractivity contribution is 9.10. The number of nitrogens with zero attached hydrogens (tertiary/aromatic N) is 1. The lowest BCUT2D eigenvalue weighted by atomic mass is 9.94. The normalized spacial score (nSPS) is 11.4. The zero-order chi connectivity index (χ0) is 14.6. The number of aryl methyl sites for hydroxylation is 1. The van der Waals surface area contributed by atoms with E-state index in [1.807, 2.05) is 17.7 Å². The summed E-state index contributed by atoms with van der Waals surface area (Å²) in [6, 6.07) is 1.73. The highest BCUT2D eigenvalue weighted by Gasteiger charge is 2.28. The van der Waals surface area contributed by atoms with Crippen LogP contribution in [0.15, 0.2) is 16.7 Å². The molecule has 0 fully saturated rings. The predicted octanol–water partition coefficient (Wildman–Crippen LogP) is 2.50. The third kappa shape index (κ3) is 4.09. The molecule has 0 unspecified atom stereocenters. The second-order valence-corrected chi connectivity index (χ2v) is 6.02. The van der Waals surface area contributed by atoms with Gasteiger partial charge in [0.15, 0.2) is 0 Å². The number of hydrogen-bond acceptors (Lipinski definition) is 2. The third-order valence-electron chi connectivity index (χ3n) is 2.83. The molecule has 1 rings (SSSR count). The van der Waals surface area contributed by atoms with E-state index in [0.29, 0.717) is 5.69 Å². The number of hydrogen-bond donors (Lipinski definition) is 2. The Bertz CT molecular complexity index is 480. The molecule has 6 heteroatoms. The molecule has 0 atom stereocenters. The van der Waals surface area contributed by atoms with Crippen molar-refractivity contribution in [2.45, 2.75) is 33.7 Å². The lowest BCUT2D eigenvalue weighted by Crippen LogP contribution is -2.39. The van der Waals surface area contributed by atoms with Crippen molar-refractivity contribution < 1.29 is 14.7 Å². The fourth-order valence-electron chi connectivity index (χ4n) is 1.56. The highest BCUT2D eigenvalue weighted by atomic mass is 79.9. The predicted molar refractivity (Wildman–Crippen MR) is 76.2 cm³/mol. The van der Waals surface area contributed by atoms with Crippen LogP contribution < -0.4 is 5.32 Å². The number of rotatable bonds is 6. The van der Waals surface area contributed by atoms with Crippen molar-refractivity contribution in [3.05, 3.63) is 22.4 Å². The Morgan fingerprint density at radius 3 is 2.63 bits per heavy atom. The van der Waals surface area contributed by atoms with Crippen molar-refractivity contribution in [1.82, 2.24) is 9.88 Å². The summed E-state index contributed by atoms with van der Waals surface area (Å²) in [6.07, 6.45) is 2.77. The van der Waals surface area contributed by atoms with Crippen LogP contribution in [0.5, 0.6) is 0 Å². The smallest absolute Gasteiger partial charge is 0.310 e. The van der Waals surface area contributed by atoms with Crippen LogP contribution in [-0.4, -0.2) is 28.1 Å². The molecule has 19 heavy (non-hydrogen) atoms. The van der Waals surface area contributed by atoms with Crippen molar-refractivity contribution in [2.24, 2.45) is 5.41 Å². The summed E-state index contributed by atoms with van der Waals surface area (Å²) in [7, 11) is 0. The molecule has 2 N–H and O–H groups in total. The van der Waals surface area contributed by atoms with E-state index in [2.05, 4.69) is 21.2 Å². The molecule has 106 valence electrons. The first-order valence-corrected chi connectivity index (χ1v) is 6.94. The van der Waals surface area contributed by atoms with Crippen LogP contribution in [0, 0.1) is 5.41 Å². The van der Waals surface area contributed by atoms with Gasteiger partial charge >= 0.3 is 5.97 Å². The minimum Gasteiger partial charge on any atom is -0.481 e.